The summed E-state index contributed by atoms with van der Waals surface area (Å²) in [6, 6.07) is 7.04. The van der Waals surface area contributed by atoms with Crippen LogP contribution in [0.15, 0.2) is 41.3 Å². The molecule has 10 heteroatoms. The van der Waals surface area contributed by atoms with Gasteiger partial charge in [0.1, 0.15) is 10.6 Å². The van der Waals surface area contributed by atoms with E-state index in [1.165, 1.54) is 18.2 Å². The quantitative estimate of drug-likeness (QED) is 0.386. The van der Waals surface area contributed by atoms with E-state index < -0.39 is 25.6 Å². The Morgan fingerprint density at radius 2 is 1.82 bits per heavy atom. The zero-order valence-electron chi connectivity index (χ0n) is 10.7. The summed E-state index contributed by atoms with van der Waals surface area (Å²) in [5.41, 5.74) is 4.71. The van der Waals surface area contributed by atoms with Crippen LogP contribution in [-0.4, -0.2) is 13.3 Å². The van der Waals surface area contributed by atoms with Crippen molar-refractivity contribution >= 4 is 44.7 Å². The fraction of sp³-hybridized carbons (Fsp3) is 0. The summed E-state index contributed by atoms with van der Waals surface area (Å²) in [7, 11) is -4.33. The molecule has 116 valence electrons. The average Bonchev–Trinajstić information content (AvgIpc) is 2.42. The lowest BCUT2D eigenvalue weighted by atomic mass is 10.3. The molecule has 0 atom stereocenters. The van der Waals surface area contributed by atoms with Crippen LogP contribution in [0.3, 0.4) is 0 Å². The molecule has 0 radical (unpaired) electrons. The van der Waals surface area contributed by atoms with E-state index in [1.807, 2.05) is 0 Å². The van der Waals surface area contributed by atoms with Crippen LogP contribution in [0, 0.1) is 10.1 Å². The lowest BCUT2D eigenvalue weighted by molar-refractivity contribution is -0.384. The van der Waals surface area contributed by atoms with Gasteiger partial charge in [0, 0.05) is 17.2 Å². The molecule has 0 saturated heterocycles. The van der Waals surface area contributed by atoms with E-state index in [0.29, 0.717) is 0 Å². The summed E-state index contributed by atoms with van der Waals surface area (Å²) in [4.78, 5) is 9.59. The largest absolute Gasteiger partial charge is 0.393 e. The fourth-order valence-corrected chi connectivity index (χ4v) is 2.87. The monoisotopic (exact) mass is 362 g/mol. The molecule has 0 heterocycles. The summed E-state index contributed by atoms with van der Waals surface area (Å²) >= 11 is 11.6. The van der Waals surface area contributed by atoms with E-state index in [4.69, 9.17) is 33.1 Å². The zero-order chi connectivity index (χ0) is 16.5. The Hall–Kier alpha value is -2.03. The number of benzene rings is 2. The van der Waals surface area contributed by atoms with Gasteiger partial charge in [-0.1, -0.05) is 23.2 Å². The Kier molecular flexibility index (Phi) is 4.45. The van der Waals surface area contributed by atoms with Gasteiger partial charge in [-0.15, -0.1) is 0 Å². The molecule has 0 unspecified atom stereocenters. The van der Waals surface area contributed by atoms with E-state index >= 15 is 0 Å². The van der Waals surface area contributed by atoms with Gasteiger partial charge in [-0.3, -0.25) is 10.1 Å². The second kappa shape index (κ2) is 5.99. The molecule has 0 aliphatic rings. The van der Waals surface area contributed by atoms with E-state index in [2.05, 4.69) is 0 Å². The highest BCUT2D eigenvalue weighted by Gasteiger charge is 2.23. The maximum absolute atomic E-state index is 12.2. The van der Waals surface area contributed by atoms with Gasteiger partial charge in [-0.05, 0) is 24.3 Å². The molecule has 22 heavy (non-hydrogen) atoms. The summed E-state index contributed by atoms with van der Waals surface area (Å²) in [5, 5.41) is 11.1. The second-order valence-electron chi connectivity index (χ2n) is 4.09. The van der Waals surface area contributed by atoms with Gasteiger partial charge in [0.15, 0.2) is 5.75 Å². The van der Waals surface area contributed by atoms with Gasteiger partial charge in [-0.2, -0.15) is 8.42 Å². The third-order valence-corrected chi connectivity index (χ3v) is 4.36. The van der Waals surface area contributed by atoms with Crippen molar-refractivity contribution in [3.8, 4) is 5.75 Å². The standard InChI is InChI=1S/C12H8Cl2N2O5S/c13-7-1-3-9(14)12(5-7)21-22(19,20)8-2-4-10(15)11(6-8)16(17)18/h1-6H,15H2. The normalized spacial score (nSPS) is 11.2. The minimum atomic E-state index is -4.33. The van der Waals surface area contributed by atoms with E-state index in [0.717, 1.165) is 18.2 Å². The molecule has 0 aliphatic carbocycles. The van der Waals surface area contributed by atoms with Gasteiger partial charge in [0.05, 0.1) is 9.95 Å². The van der Waals surface area contributed by atoms with Crippen molar-refractivity contribution in [1.82, 2.24) is 0 Å². The smallest absolute Gasteiger partial charge is 0.339 e. The predicted molar refractivity (Wildman–Crippen MR) is 81.8 cm³/mol. The Bertz CT molecular complexity index is 855. The SMILES string of the molecule is Nc1ccc(S(=O)(=O)Oc2cc(Cl)ccc2Cl)cc1[N+](=O)[O-]. The van der Waals surface area contributed by atoms with Crippen molar-refractivity contribution in [2.75, 3.05) is 5.73 Å². The molecule has 2 N–H and O–H groups in total. The fourth-order valence-electron chi connectivity index (χ4n) is 1.54. The number of nitrogen functional groups attached to an aromatic ring is 1. The van der Waals surface area contributed by atoms with Crippen LogP contribution in [0.1, 0.15) is 0 Å². The molecule has 2 aromatic carbocycles. The second-order valence-corrected chi connectivity index (χ2v) is 6.48. The average molecular weight is 363 g/mol. The Labute approximate surface area is 135 Å². The number of nitro groups is 1. The first kappa shape index (κ1) is 16.3. The molecule has 2 rings (SSSR count). The molecular formula is C12H8Cl2N2O5S. The van der Waals surface area contributed by atoms with E-state index in [9.17, 15) is 18.5 Å². The first-order valence-electron chi connectivity index (χ1n) is 5.64. The van der Waals surface area contributed by atoms with Crippen LogP contribution in [0.4, 0.5) is 11.4 Å². The molecule has 2 aromatic rings. The molecule has 0 amide bonds. The number of hydrogen-bond acceptors (Lipinski definition) is 6. The third-order valence-electron chi connectivity index (χ3n) is 2.58. The number of rotatable bonds is 4. The van der Waals surface area contributed by atoms with Crippen molar-refractivity contribution in [3.05, 3.63) is 56.6 Å². The van der Waals surface area contributed by atoms with Crippen molar-refractivity contribution in [3.63, 3.8) is 0 Å². The van der Waals surface area contributed by atoms with Crippen LogP contribution in [0.25, 0.3) is 0 Å². The molecule has 0 spiro atoms. The van der Waals surface area contributed by atoms with Gasteiger partial charge >= 0.3 is 10.1 Å². The van der Waals surface area contributed by atoms with Crippen molar-refractivity contribution in [2.45, 2.75) is 4.90 Å². The topological polar surface area (TPSA) is 113 Å². The van der Waals surface area contributed by atoms with E-state index in [1.54, 1.807) is 0 Å². The lowest BCUT2D eigenvalue weighted by Crippen LogP contribution is -2.11. The Morgan fingerprint density at radius 3 is 2.45 bits per heavy atom. The highest BCUT2D eigenvalue weighted by Crippen LogP contribution is 2.31. The van der Waals surface area contributed by atoms with Crippen molar-refractivity contribution < 1.29 is 17.5 Å². The highest BCUT2D eigenvalue weighted by atomic mass is 35.5. The number of nitrogens with zero attached hydrogens (tertiary/aromatic N) is 1. The number of halogens is 2. The van der Waals surface area contributed by atoms with Crippen molar-refractivity contribution in [2.24, 2.45) is 0 Å². The minimum absolute atomic E-state index is 0.0259. The van der Waals surface area contributed by atoms with Crippen LogP contribution in [0.2, 0.25) is 10.0 Å². The number of anilines is 1. The Morgan fingerprint density at radius 1 is 1.14 bits per heavy atom. The summed E-state index contributed by atoms with van der Waals surface area (Å²) in [6.07, 6.45) is 0. The highest BCUT2D eigenvalue weighted by molar-refractivity contribution is 7.87. The molecule has 0 fully saturated rings. The molecular weight excluding hydrogens is 355 g/mol. The Balaban J connectivity index is 2.45. The third kappa shape index (κ3) is 3.41. The van der Waals surface area contributed by atoms with Gasteiger partial charge in [0.25, 0.3) is 5.69 Å². The first-order valence-corrected chi connectivity index (χ1v) is 7.80. The predicted octanol–water partition coefficient (Wildman–Crippen LogP) is 3.25. The lowest BCUT2D eigenvalue weighted by Gasteiger charge is -2.09. The number of hydrogen-bond donors (Lipinski definition) is 1. The minimum Gasteiger partial charge on any atom is -0.393 e. The maximum atomic E-state index is 12.2. The summed E-state index contributed by atoms with van der Waals surface area (Å²) in [6.45, 7) is 0. The van der Waals surface area contributed by atoms with Crippen LogP contribution >= 0.6 is 23.2 Å². The zero-order valence-corrected chi connectivity index (χ0v) is 13.0. The number of nitro benzene ring substituents is 1. The number of nitrogens with two attached hydrogens (primary N) is 1. The first-order chi connectivity index (χ1) is 10.2. The maximum Gasteiger partial charge on any atom is 0.339 e. The van der Waals surface area contributed by atoms with Crippen LogP contribution in [0.5, 0.6) is 5.75 Å². The molecule has 0 aliphatic heterocycles. The summed E-state index contributed by atoms with van der Waals surface area (Å²) in [5.74, 6) is -0.186. The summed E-state index contributed by atoms with van der Waals surface area (Å²) < 4.78 is 29.2. The van der Waals surface area contributed by atoms with Gasteiger partial charge in [-0.25, -0.2) is 0 Å². The van der Waals surface area contributed by atoms with Gasteiger partial charge < -0.3 is 9.92 Å². The van der Waals surface area contributed by atoms with Crippen LogP contribution < -0.4 is 9.92 Å². The van der Waals surface area contributed by atoms with E-state index in [-0.39, 0.29) is 21.5 Å². The van der Waals surface area contributed by atoms with Crippen LogP contribution in [-0.2, 0) is 10.1 Å². The molecule has 0 saturated carbocycles. The van der Waals surface area contributed by atoms with Crippen molar-refractivity contribution in [1.29, 1.82) is 0 Å². The molecule has 0 bridgehead atoms. The molecule has 0 aromatic heterocycles. The molecule has 7 nitrogen and oxygen atoms in total. The van der Waals surface area contributed by atoms with Gasteiger partial charge in [0.2, 0.25) is 0 Å².